The normalized spacial score (nSPS) is 10.4. The standard InChI is InChI=1S/C15H14FN3O5/c1-19-13(17)12(14(22)18-15(19)23)10(20)7-24-11(21)6-8-3-2-4-9(16)5-8/h2-5H,6-7,17H2,1H3,(H,18,22,23). The second-order valence-corrected chi connectivity index (χ2v) is 4.97. The fourth-order valence-electron chi connectivity index (χ4n) is 1.99. The number of benzene rings is 1. The van der Waals surface area contributed by atoms with Crippen LogP contribution in [0, 0.1) is 5.82 Å². The Morgan fingerprint density at radius 3 is 2.71 bits per heavy atom. The number of nitrogen functional groups attached to an aromatic ring is 1. The van der Waals surface area contributed by atoms with Crippen LogP contribution in [0.3, 0.4) is 0 Å². The first kappa shape index (κ1) is 17.1. The van der Waals surface area contributed by atoms with Gasteiger partial charge >= 0.3 is 11.7 Å². The number of hydrogen-bond donors (Lipinski definition) is 2. The van der Waals surface area contributed by atoms with E-state index in [1.54, 1.807) is 0 Å². The Bertz CT molecular complexity index is 916. The minimum absolute atomic E-state index is 0.232. The van der Waals surface area contributed by atoms with Gasteiger partial charge in [0.2, 0.25) is 5.78 Å². The molecule has 0 atom stereocenters. The number of H-pyrrole nitrogens is 1. The molecule has 0 amide bonds. The summed E-state index contributed by atoms with van der Waals surface area (Å²) in [4.78, 5) is 48.6. The third kappa shape index (κ3) is 3.75. The molecule has 3 N–H and O–H groups in total. The Balaban J connectivity index is 2.06. The molecule has 8 nitrogen and oxygen atoms in total. The molecule has 24 heavy (non-hydrogen) atoms. The van der Waals surface area contributed by atoms with Gasteiger partial charge in [-0.25, -0.2) is 9.18 Å². The number of halogens is 1. The summed E-state index contributed by atoms with van der Waals surface area (Å²) in [6.45, 7) is -0.723. The number of nitrogens with zero attached hydrogens (tertiary/aromatic N) is 1. The number of aromatic nitrogens is 2. The summed E-state index contributed by atoms with van der Waals surface area (Å²) in [5.41, 5.74) is 3.77. The van der Waals surface area contributed by atoms with Gasteiger partial charge in [0.25, 0.3) is 5.56 Å². The fraction of sp³-hybridized carbons (Fsp3) is 0.200. The van der Waals surface area contributed by atoms with Crippen LogP contribution in [0.1, 0.15) is 15.9 Å². The first-order valence-electron chi connectivity index (χ1n) is 6.81. The van der Waals surface area contributed by atoms with Gasteiger partial charge in [-0.15, -0.1) is 0 Å². The van der Waals surface area contributed by atoms with Crippen LogP contribution >= 0.6 is 0 Å². The van der Waals surface area contributed by atoms with Gasteiger partial charge < -0.3 is 10.5 Å². The zero-order valence-electron chi connectivity index (χ0n) is 12.7. The van der Waals surface area contributed by atoms with Gasteiger partial charge in [-0.3, -0.25) is 23.9 Å². The lowest BCUT2D eigenvalue weighted by Crippen LogP contribution is -2.35. The number of rotatable bonds is 5. The summed E-state index contributed by atoms with van der Waals surface area (Å²) in [5.74, 6) is -2.44. The van der Waals surface area contributed by atoms with Crippen molar-refractivity contribution < 1.29 is 18.7 Å². The van der Waals surface area contributed by atoms with Crippen LogP contribution in [-0.4, -0.2) is 27.9 Å². The lowest BCUT2D eigenvalue weighted by atomic mass is 10.1. The van der Waals surface area contributed by atoms with Crippen LogP contribution in [0.25, 0.3) is 0 Å². The molecular weight excluding hydrogens is 321 g/mol. The average Bonchev–Trinajstić information content (AvgIpc) is 2.51. The third-order valence-electron chi connectivity index (χ3n) is 3.25. The van der Waals surface area contributed by atoms with Crippen molar-refractivity contribution in [3.8, 4) is 0 Å². The van der Waals surface area contributed by atoms with Gasteiger partial charge in [0.15, 0.2) is 6.61 Å². The predicted molar refractivity (Wildman–Crippen MR) is 82.1 cm³/mol. The first-order chi connectivity index (χ1) is 11.3. The summed E-state index contributed by atoms with van der Waals surface area (Å²) < 4.78 is 18.7. The van der Waals surface area contributed by atoms with Gasteiger partial charge in [-0.2, -0.15) is 0 Å². The van der Waals surface area contributed by atoms with Crippen molar-refractivity contribution in [2.75, 3.05) is 12.3 Å². The maximum absolute atomic E-state index is 13.0. The number of esters is 1. The number of Topliss-reactive ketones (excluding diaryl/α,β-unsaturated/α-hetero) is 1. The number of ketones is 1. The van der Waals surface area contributed by atoms with Crippen LogP contribution in [0.2, 0.25) is 0 Å². The average molecular weight is 335 g/mol. The van der Waals surface area contributed by atoms with Crippen LogP contribution < -0.4 is 17.0 Å². The summed E-state index contributed by atoms with van der Waals surface area (Å²) in [6.07, 6.45) is -0.232. The number of nitrogens with one attached hydrogen (secondary N) is 1. The molecule has 0 saturated carbocycles. The highest BCUT2D eigenvalue weighted by Gasteiger charge is 2.19. The van der Waals surface area contributed by atoms with Crippen molar-refractivity contribution in [1.29, 1.82) is 0 Å². The second kappa shape index (κ2) is 6.90. The van der Waals surface area contributed by atoms with Gasteiger partial charge in [0, 0.05) is 7.05 Å². The molecule has 0 fully saturated rings. The van der Waals surface area contributed by atoms with Crippen LogP contribution in [0.5, 0.6) is 0 Å². The van der Waals surface area contributed by atoms with Crippen molar-refractivity contribution in [1.82, 2.24) is 9.55 Å². The Hall–Kier alpha value is -3.23. The number of hydrogen-bond acceptors (Lipinski definition) is 6. The smallest absolute Gasteiger partial charge is 0.329 e. The molecule has 126 valence electrons. The van der Waals surface area contributed by atoms with Gasteiger partial charge in [-0.05, 0) is 17.7 Å². The number of carbonyl (C=O) groups is 2. The zero-order chi connectivity index (χ0) is 17.9. The molecule has 1 aromatic carbocycles. The highest BCUT2D eigenvalue weighted by Crippen LogP contribution is 2.07. The van der Waals surface area contributed by atoms with E-state index in [1.165, 1.54) is 31.3 Å². The van der Waals surface area contributed by atoms with Crippen molar-refractivity contribution in [2.45, 2.75) is 6.42 Å². The lowest BCUT2D eigenvalue weighted by molar-refractivity contribution is -0.141. The summed E-state index contributed by atoms with van der Waals surface area (Å²) in [6, 6.07) is 5.36. The molecule has 0 bridgehead atoms. The molecule has 2 aromatic rings. The Morgan fingerprint density at radius 2 is 2.04 bits per heavy atom. The van der Waals surface area contributed by atoms with E-state index < -0.39 is 41.0 Å². The number of carbonyl (C=O) groups excluding carboxylic acids is 2. The SMILES string of the molecule is Cn1c(N)c(C(=O)COC(=O)Cc2cccc(F)c2)c(=O)[nH]c1=O. The van der Waals surface area contributed by atoms with Crippen molar-refractivity contribution in [2.24, 2.45) is 7.05 Å². The molecule has 9 heteroatoms. The molecule has 0 aliphatic heterocycles. The van der Waals surface area contributed by atoms with Gasteiger partial charge in [0.05, 0.1) is 6.42 Å². The lowest BCUT2D eigenvalue weighted by Gasteiger charge is -2.08. The molecule has 1 aromatic heterocycles. The van der Waals surface area contributed by atoms with E-state index in [-0.39, 0.29) is 12.2 Å². The number of anilines is 1. The van der Waals surface area contributed by atoms with Gasteiger partial charge in [-0.1, -0.05) is 12.1 Å². The summed E-state index contributed by atoms with van der Waals surface area (Å²) >= 11 is 0. The number of ether oxygens (including phenoxy) is 1. The summed E-state index contributed by atoms with van der Waals surface area (Å²) in [5, 5.41) is 0. The largest absolute Gasteiger partial charge is 0.457 e. The van der Waals surface area contributed by atoms with Gasteiger partial charge in [0.1, 0.15) is 17.2 Å². The van der Waals surface area contributed by atoms with E-state index >= 15 is 0 Å². The molecule has 0 aliphatic rings. The minimum Gasteiger partial charge on any atom is -0.457 e. The minimum atomic E-state index is -0.957. The molecule has 1 heterocycles. The first-order valence-corrected chi connectivity index (χ1v) is 6.81. The highest BCUT2D eigenvalue weighted by molar-refractivity contribution is 6.01. The molecule has 0 spiro atoms. The number of nitrogens with two attached hydrogens (primary N) is 1. The quantitative estimate of drug-likeness (QED) is 0.574. The molecule has 0 aliphatic carbocycles. The van der Waals surface area contributed by atoms with Crippen LogP contribution in [0.4, 0.5) is 10.2 Å². The van der Waals surface area contributed by atoms with Crippen LogP contribution in [-0.2, 0) is 23.0 Å². The molecule has 2 rings (SSSR count). The predicted octanol–water partition coefficient (Wildman–Crippen LogP) is -0.237. The van der Waals surface area contributed by atoms with Crippen molar-refractivity contribution in [3.05, 3.63) is 62.0 Å². The van der Waals surface area contributed by atoms with Crippen molar-refractivity contribution in [3.63, 3.8) is 0 Å². The van der Waals surface area contributed by atoms with E-state index in [4.69, 9.17) is 10.5 Å². The van der Waals surface area contributed by atoms with E-state index in [0.29, 0.717) is 5.56 Å². The van der Waals surface area contributed by atoms with E-state index in [9.17, 15) is 23.6 Å². The Labute approximate surface area is 134 Å². The van der Waals surface area contributed by atoms with E-state index in [0.717, 1.165) is 4.57 Å². The topological polar surface area (TPSA) is 124 Å². The Kier molecular flexibility index (Phi) is 4.93. The molecule has 0 saturated heterocycles. The fourth-order valence-corrected chi connectivity index (χ4v) is 1.99. The van der Waals surface area contributed by atoms with E-state index in [1.807, 2.05) is 4.98 Å². The summed E-state index contributed by atoms with van der Waals surface area (Å²) in [7, 11) is 1.28. The highest BCUT2D eigenvalue weighted by atomic mass is 19.1. The number of aromatic amines is 1. The molecular formula is C15H14FN3O5. The molecule has 0 unspecified atom stereocenters. The second-order valence-electron chi connectivity index (χ2n) is 4.97. The van der Waals surface area contributed by atoms with Crippen LogP contribution in [0.15, 0.2) is 33.9 Å². The Morgan fingerprint density at radius 1 is 1.33 bits per heavy atom. The zero-order valence-corrected chi connectivity index (χ0v) is 12.7. The maximum Gasteiger partial charge on any atom is 0.329 e. The van der Waals surface area contributed by atoms with E-state index in [2.05, 4.69) is 0 Å². The van der Waals surface area contributed by atoms with Crippen molar-refractivity contribution >= 4 is 17.6 Å². The maximum atomic E-state index is 13.0. The monoisotopic (exact) mass is 335 g/mol. The third-order valence-corrected chi connectivity index (χ3v) is 3.25. The molecule has 0 radical (unpaired) electrons.